The van der Waals surface area contributed by atoms with Gasteiger partial charge >= 0.3 is 5.97 Å². The van der Waals surface area contributed by atoms with Crippen LogP contribution in [-0.4, -0.2) is 89.2 Å². The number of anilines is 4. The van der Waals surface area contributed by atoms with Gasteiger partial charge in [0.25, 0.3) is 0 Å². The molecule has 0 spiro atoms. The largest absolute Gasteiger partial charge is 0.476 e. The Morgan fingerprint density at radius 3 is 2.51 bits per heavy atom. The van der Waals surface area contributed by atoms with Crippen LogP contribution in [0, 0.1) is 41.9 Å². The van der Waals surface area contributed by atoms with Gasteiger partial charge in [-0.1, -0.05) is 98.4 Å². The minimum atomic E-state index is -1.06. The highest BCUT2D eigenvalue weighted by Gasteiger charge is 2.87. The maximum Gasteiger partial charge on any atom is 0.355 e. The van der Waals surface area contributed by atoms with Crippen molar-refractivity contribution in [1.82, 2.24) is 34.8 Å². The molecule has 346 valence electrons. The first-order chi connectivity index (χ1) is 31.4. The third kappa shape index (κ3) is 8.27. The number of rotatable bonds is 21. The number of alkyl halides is 1. The fraction of sp³-hybridized carbons (Fsp3) is 0.608. The lowest BCUT2D eigenvalue weighted by molar-refractivity contribution is -0.180. The van der Waals surface area contributed by atoms with Gasteiger partial charge in [-0.15, -0.1) is 10.2 Å². The van der Waals surface area contributed by atoms with Crippen molar-refractivity contribution in [3.8, 4) is 11.1 Å². The van der Waals surface area contributed by atoms with Crippen molar-refractivity contribution in [3.05, 3.63) is 65.1 Å². The zero-order valence-corrected chi connectivity index (χ0v) is 41.9. The smallest absolute Gasteiger partial charge is 0.355 e. The highest BCUT2D eigenvalue weighted by molar-refractivity contribution is 14.1. The molecule has 5 aromatic rings. The molecule has 5 saturated carbocycles. The standard InChI is InChI=1S/C51H66IN9O3S/c1-33-35-17-16-24-60(45(35)58-57-44(33)56-47-54-38-18-12-13-19-39(38)65-47)40-21-20-36(41(55-40)46(62)63)37-27-53-61(34(37)2)32-50-29-48(3)28-49(4)42(50)43(49)51(30-48,31-50)64-26-25-59(5)23-15-11-9-7-6-8-10-14-22-52/h12-13,18-21,27,42-43H,6-11,14-17,22-26,28-32H2,1-5H3,(H,62,63)(H,54,56,57)/t42?,43?,48-,49+,50+,51?/m1/s1. The number of thiazole rings is 1. The molecule has 1 aliphatic heterocycles. The van der Waals surface area contributed by atoms with Crippen LogP contribution in [-0.2, 0) is 17.7 Å². The van der Waals surface area contributed by atoms with Gasteiger partial charge in [0.2, 0.25) is 0 Å². The normalized spacial score (nSPS) is 27.2. The van der Waals surface area contributed by atoms with Gasteiger partial charge in [0, 0.05) is 47.6 Å². The van der Waals surface area contributed by atoms with E-state index < -0.39 is 5.97 Å². The molecule has 65 heavy (non-hydrogen) atoms. The van der Waals surface area contributed by atoms with Crippen molar-refractivity contribution in [2.75, 3.05) is 47.9 Å². The van der Waals surface area contributed by atoms with Crippen molar-refractivity contribution < 1.29 is 14.6 Å². The number of nitrogens with one attached hydrogen (secondary N) is 1. The summed E-state index contributed by atoms with van der Waals surface area (Å²) in [5.74, 6) is 2.12. The van der Waals surface area contributed by atoms with Gasteiger partial charge in [-0.2, -0.15) is 5.10 Å². The molecule has 0 amide bonds. The average Bonchev–Trinajstić information content (AvgIpc) is 3.46. The number of aromatic carboxylic acids is 1. The summed E-state index contributed by atoms with van der Waals surface area (Å²) in [6.07, 6.45) is 19.2. The van der Waals surface area contributed by atoms with Crippen molar-refractivity contribution in [1.29, 1.82) is 0 Å². The summed E-state index contributed by atoms with van der Waals surface area (Å²) in [5.41, 5.74) is 6.06. The quantitative estimate of drug-likeness (QED) is 0.0413. The number of nitrogens with zero attached hydrogens (tertiary/aromatic N) is 8. The minimum absolute atomic E-state index is 0.0197. The second-order valence-electron chi connectivity index (χ2n) is 21.1. The summed E-state index contributed by atoms with van der Waals surface area (Å²) in [5, 5.41) is 29.2. The van der Waals surface area contributed by atoms with E-state index in [0.717, 1.165) is 89.7 Å². The highest BCUT2D eigenvalue weighted by atomic mass is 127. The highest BCUT2D eigenvalue weighted by Crippen LogP contribution is 2.89. The van der Waals surface area contributed by atoms with E-state index in [1.54, 1.807) is 11.3 Å². The Hall–Kier alpha value is -3.73. The van der Waals surface area contributed by atoms with Gasteiger partial charge in [-0.25, -0.2) is 14.8 Å². The molecule has 3 unspecified atom stereocenters. The molecule has 1 aromatic carbocycles. The zero-order chi connectivity index (χ0) is 45.1. The van der Waals surface area contributed by atoms with Gasteiger partial charge in [0.05, 0.1) is 28.6 Å². The number of aromatic nitrogens is 6. The Morgan fingerprint density at radius 1 is 0.938 bits per heavy atom. The molecule has 0 radical (unpaired) electrons. The van der Waals surface area contributed by atoms with E-state index in [9.17, 15) is 9.90 Å². The molecule has 5 aliphatic carbocycles. The molecule has 2 N–H and O–H groups in total. The summed E-state index contributed by atoms with van der Waals surface area (Å²) in [7, 11) is 2.27. The zero-order valence-electron chi connectivity index (χ0n) is 39.0. The van der Waals surface area contributed by atoms with Gasteiger partial charge in [-0.05, 0) is 136 Å². The number of carboxylic acids is 1. The molecule has 5 heterocycles. The first kappa shape index (κ1) is 45.1. The number of hydrogen-bond donors (Lipinski definition) is 2. The molecule has 11 rings (SSSR count). The number of fused-ring (bicyclic) bond motifs is 2. The van der Waals surface area contributed by atoms with Crippen molar-refractivity contribution in [2.45, 2.75) is 130 Å². The molecule has 12 nitrogen and oxygen atoms in total. The van der Waals surface area contributed by atoms with Crippen LogP contribution >= 0.6 is 33.9 Å². The topological polar surface area (TPSA) is 134 Å². The van der Waals surface area contributed by atoms with E-state index in [2.05, 4.69) is 83.4 Å². The second kappa shape index (κ2) is 17.7. The van der Waals surface area contributed by atoms with E-state index >= 15 is 0 Å². The van der Waals surface area contributed by atoms with Gasteiger partial charge in [0.1, 0.15) is 5.82 Å². The predicted molar refractivity (Wildman–Crippen MR) is 268 cm³/mol. The molecule has 5 fully saturated rings. The maximum absolute atomic E-state index is 13.0. The number of para-hydroxylation sites is 1. The lowest BCUT2D eigenvalue weighted by Gasteiger charge is -2.59. The molecular weight excluding hydrogens is 946 g/mol. The van der Waals surface area contributed by atoms with Crippen LogP contribution in [0.1, 0.15) is 125 Å². The Kier molecular flexibility index (Phi) is 12.3. The third-order valence-electron chi connectivity index (χ3n) is 16.2. The molecular formula is C51H66IN9O3S. The van der Waals surface area contributed by atoms with Gasteiger partial charge in [0.15, 0.2) is 22.5 Å². The fourth-order valence-corrected chi connectivity index (χ4v) is 15.5. The van der Waals surface area contributed by atoms with E-state index in [1.807, 2.05) is 41.4 Å². The molecule has 4 aromatic heterocycles. The number of carboxylic acid groups (broad SMARTS) is 1. The number of hydrogen-bond acceptors (Lipinski definition) is 11. The fourth-order valence-electron chi connectivity index (χ4n) is 14.1. The van der Waals surface area contributed by atoms with Crippen molar-refractivity contribution in [2.24, 2.45) is 28.1 Å². The number of halogens is 1. The lowest BCUT2D eigenvalue weighted by atomic mass is 9.49. The van der Waals surface area contributed by atoms with Crippen LogP contribution in [0.5, 0.6) is 0 Å². The number of unbranched alkanes of at least 4 members (excludes halogenated alkanes) is 7. The van der Waals surface area contributed by atoms with Gasteiger partial charge < -0.3 is 25.0 Å². The molecule has 14 heteroatoms. The van der Waals surface area contributed by atoms with Crippen molar-refractivity contribution in [3.63, 3.8) is 0 Å². The minimum Gasteiger partial charge on any atom is -0.476 e. The molecule has 4 bridgehead atoms. The van der Waals surface area contributed by atoms with Crippen LogP contribution in [0.4, 0.5) is 22.6 Å². The first-order valence-electron chi connectivity index (χ1n) is 24.3. The molecule has 6 aliphatic rings. The van der Waals surface area contributed by atoms with E-state index in [-0.39, 0.29) is 22.1 Å². The predicted octanol–water partition coefficient (Wildman–Crippen LogP) is 11.6. The van der Waals surface area contributed by atoms with E-state index in [4.69, 9.17) is 24.9 Å². The Morgan fingerprint density at radius 2 is 1.72 bits per heavy atom. The first-order valence-corrected chi connectivity index (χ1v) is 26.6. The van der Waals surface area contributed by atoms with Crippen LogP contribution in [0.15, 0.2) is 42.6 Å². The van der Waals surface area contributed by atoms with E-state index in [1.165, 1.54) is 68.6 Å². The number of pyridine rings is 1. The average molecular weight is 1010 g/mol. The van der Waals surface area contributed by atoms with E-state index in [0.29, 0.717) is 46.8 Å². The van der Waals surface area contributed by atoms with Crippen LogP contribution in [0.25, 0.3) is 21.3 Å². The second-order valence-corrected chi connectivity index (χ2v) is 23.2. The van der Waals surface area contributed by atoms with Crippen LogP contribution in [0.2, 0.25) is 0 Å². The summed E-state index contributed by atoms with van der Waals surface area (Å²) in [6, 6.07) is 11.9. The third-order valence-corrected chi connectivity index (χ3v) is 18.0. The maximum atomic E-state index is 13.0. The van der Waals surface area contributed by atoms with Crippen molar-refractivity contribution >= 4 is 72.7 Å². The molecule has 0 saturated heterocycles. The number of likely N-dealkylation sites (N-methyl/N-ethyl adjacent to an activating group) is 1. The number of benzene rings is 1. The summed E-state index contributed by atoms with van der Waals surface area (Å²) in [4.78, 5) is 27.1. The van der Waals surface area contributed by atoms with Crippen LogP contribution in [0.3, 0.4) is 0 Å². The lowest BCUT2D eigenvalue weighted by Crippen LogP contribution is -2.56. The monoisotopic (exact) mass is 1010 g/mol. The number of carbonyl (C=O) groups is 1. The summed E-state index contributed by atoms with van der Waals surface area (Å²) >= 11 is 4.07. The number of ether oxygens (including phenoxy) is 1. The van der Waals surface area contributed by atoms with Crippen LogP contribution < -0.4 is 10.2 Å². The molecule has 6 atom stereocenters. The Bertz CT molecular complexity index is 2550. The summed E-state index contributed by atoms with van der Waals surface area (Å²) < 4.78 is 11.8. The van der Waals surface area contributed by atoms with Gasteiger partial charge in [-0.3, -0.25) is 4.68 Å². The Balaban J connectivity index is 0.818. The summed E-state index contributed by atoms with van der Waals surface area (Å²) in [6.45, 7) is 13.6. The SMILES string of the molecule is Cc1c(Nc2nc3ccccc3s2)nnc2c1CCCN2c1ccc(-c2cnn(C[C@@]34CC5(OCCN(C)CCCCCCCCCCI)C[C@@](C)(C3)C[C@]3(C)C5C43)c2C)c(C(=O)O)n1. The Labute approximate surface area is 401 Å².